The molecule has 2 saturated carbocycles. The fraction of sp³-hybridized carbons (Fsp3) is 0.304. The van der Waals surface area contributed by atoms with Gasteiger partial charge in [0.25, 0.3) is 0 Å². The molecular weight excluding hydrogens is 343 g/mol. The Labute approximate surface area is 157 Å². The van der Waals surface area contributed by atoms with Crippen LogP contribution in [-0.4, -0.2) is 6.10 Å². The lowest BCUT2D eigenvalue weighted by Gasteiger charge is -2.25. The summed E-state index contributed by atoms with van der Waals surface area (Å²) in [6.45, 7) is 0. The second-order valence-electron chi connectivity index (χ2n) is 7.38. The summed E-state index contributed by atoms with van der Waals surface area (Å²) in [5, 5.41) is 0.887. The van der Waals surface area contributed by atoms with Gasteiger partial charge in [0.2, 0.25) is 0 Å². The lowest BCUT2D eigenvalue weighted by Crippen LogP contribution is -2.08. The van der Waals surface area contributed by atoms with Crippen molar-refractivity contribution in [1.82, 2.24) is 0 Å². The van der Waals surface area contributed by atoms with Crippen LogP contribution >= 0.6 is 11.3 Å². The molecule has 1 aromatic heterocycles. The maximum Gasteiger partial charge on any atom is 0.174 e. The average Bonchev–Trinajstić information content (AvgIpc) is 3.30. The second-order valence-corrected chi connectivity index (χ2v) is 8.43. The molecule has 2 fully saturated rings. The van der Waals surface area contributed by atoms with Crippen molar-refractivity contribution in [1.29, 1.82) is 0 Å². The molecule has 26 heavy (non-hydrogen) atoms. The first-order valence-electron chi connectivity index (χ1n) is 9.43. The SMILES string of the molecule is Fc1cc(-c2ccc(C3CCC3)cc2)ccc1-c1ccc(OC2CC2)s1. The zero-order valence-corrected chi connectivity index (χ0v) is 15.4. The predicted molar refractivity (Wildman–Crippen MR) is 105 cm³/mol. The van der Waals surface area contributed by atoms with Crippen molar-refractivity contribution < 1.29 is 9.13 Å². The molecule has 0 spiro atoms. The van der Waals surface area contributed by atoms with E-state index in [0.29, 0.717) is 11.7 Å². The van der Waals surface area contributed by atoms with Crippen LogP contribution in [0.25, 0.3) is 21.6 Å². The summed E-state index contributed by atoms with van der Waals surface area (Å²) in [7, 11) is 0. The normalized spacial score (nSPS) is 17.1. The number of thiophene rings is 1. The van der Waals surface area contributed by atoms with Crippen LogP contribution in [0.2, 0.25) is 0 Å². The third kappa shape index (κ3) is 3.16. The summed E-state index contributed by atoms with van der Waals surface area (Å²) < 4.78 is 20.5. The Bertz CT molecular complexity index is 920. The van der Waals surface area contributed by atoms with E-state index in [-0.39, 0.29) is 5.82 Å². The maximum absolute atomic E-state index is 14.7. The lowest BCUT2D eigenvalue weighted by molar-refractivity contribution is 0.312. The van der Waals surface area contributed by atoms with Gasteiger partial charge in [-0.25, -0.2) is 4.39 Å². The van der Waals surface area contributed by atoms with E-state index in [0.717, 1.165) is 39.8 Å². The van der Waals surface area contributed by atoms with Crippen LogP contribution in [0.5, 0.6) is 5.06 Å². The number of ether oxygens (including phenoxy) is 1. The van der Waals surface area contributed by atoms with Gasteiger partial charge < -0.3 is 4.74 Å². The Kier molecular flexibility index (Phi) is 4.05. The highest BCUT2D eigenvalue weighted by Crippen LogP contribution is 2.39. The van der Waals surface area contributed by atoms with Crippen molar-refractivity contribution in [2.45, 2.75) is 44.1 Å². The Morgan fingerprint density at radius 3 is 2.27 bits per heavy atom. The fourth-order valence-corrected chi connectivity index (χ4v) is 4.41. The van der Waals surface area contributed by atoms with Crippen LogP contribution in [0.15, 0.2) is 54.6 Å². The van der Waals surface area contributed by atoms with E-state index in [1.807, 2.05) is 24.3 Å². The van der Waals surface area contributed by atoms with Crippen LogP contribution in [0.4, 0.5) is 4.39 Å². The van der Waals surface area contributed by atoms with E-state index >= 15 is 0 Å². The Balaban J connectivity index is 1.37. The highest BCUT2D eigenvalue weighted by molar-refractivity contribution is 7.17. The molecule has 3 heteroatoms. The smallest absolute Gasteiger partial charge is 0.174 e. The molecule has 1 heterocycles. The van der Waals surface area contributed by atoms with E-state index in [9.17, 15) is 4.39 Å². The van der Waals surface area contributed by atoms with Gasteiger partial charge >= 0.3 is 0 Å². The topological polar surface area (TPSA) is 9.23 Å². The maximum atomic E-state index is 14.7. The van der Waals surface area contributed by atoms with E-state index < -0.39 is 0 Å². The first-order chi connectivity index (χ1) is 12.8. The van der Waals surface area contributed by atoms with Gasteiger partial charge in [0.05, 0.1) is 6.10 Å². The van der Waals surface area contributed by atoms with Crippen molar-refractivity contribution in [3.05, 3.63) is 66.0 Å². The molecule has 2 aliphatic rings. The quantitative estimate of drug-likeness (QED) is 0.472. The Morgan fingerprint density at radius 2 is 1.62 bits per heavy atom. The van der Waals surface area contributed by atoms with Crippen LogP contribution in [-0.2, 0) is 0 Å². The molecule has 0 aliphatic heterocycles. The summed E-state index contributed by atoms with van der Waals surface area (Å²) in [6, 6.07) is 18.1. The molecular formula is C23H21FOS. The zero-order valence-electron chi connectivity index (χ0n) is 14.6. The summed E-state index contributed by atoms with van der Waals surface area (Å²) in [5.74, 6) is 0.555. The molecule has 0 atom stereocenters. The highest BCUT2D eigenvalue weighted by atomic mass is 32.1. The van der Waals surface area contributed by atoms with Gasteiger partial charge in [0, 0.05) is 10.4 Å². The summed E-state index contributed by atoms with van der Waals surface area (Å²) in [5.41, 5.74) is 4.06. The van der Waals surface area contributed by atoms with E-state index in [4.69, 9.17) is 4.74 Å². The van der Waals surface area contributed by atoms with Gasteiger partial charge in [-0.2, -0.15) is 0 Å². The van der Waals surface area contributed by atoms with Crippen molar-refractivity contribution in [2.24, 2.45) is 0 Å². The van der Waals surface area contributed by atoms with E-state index in [2.05, 4.69) is 24.3 Å². The first-order valence-corrected chi connectivity index (χ1v) is 10.2. The summed E-state index contributed by atoms with van der Waals surface area (Å²) >= 11 is 1.52. The second kappa shape index (κ2) is 6.55. The van der Waals surface area contributed by atoms with Crippen LogP contribution in [0, 0.1) is 5.82 Å². The molecule has 0 unspecified atom stereocenters. The molecule has 0 radical (unpaired) electrons. The Morgan fingerprint density at radius 1 is 0.846 bits per heavy atom. The monoisotopic (exact) mass is 364 g/mol. The lowest BCUT2D eigenvalue weighted by atomic mass is 9.80. The van der Waals surface area contributed by atoms with Gasteiger partial charge in [0.1, 0.15) is 5.82 Å². The van der Waals surface area contributed by atoms with Crippen LogP contribution in [0.1, 0.15) is 43.6 Å². The minimum atomic E-state index is -0.176. The van der Waals surface area contributed by atoms with Crippen molar-refractivity contribution >= 4 is 11.3 Å². The number of halogens is 1. The third-order valence-corrected chi connectivity index (χ3v) is 6.45. The minimum absolute atomic E-state index is 0.176. The van der Waals surface area contributed by atoms with Gasteiger partial charge in [0.15, 0.2) is 5.06 Å². The van der Waals surface area contributed by atoms with E-state index in [1.54, 1.807) is 6.07 Å². The molecule has 2 aliphatic carbocycles. The minimum Gasteiger partial charge on any atom is -0.481 e. The predicted octanol–water partition coefficient (Wildman–Crippen LogP) is 7.03. The van der Waals surface area contributed by atoms with E-state index in [1.165, 1.54) is 36.2 Å². The van der Waals surface area contributed by atoms with Gasteiger partial charge in [-0.15, -0.1) is 0 Å². The Hall–Kier alpha value is -2.13. The molecule has 2 aromatic carbocycles. The molecule has 0 bridgehead atoms. The number of hydrogen-bond donors (Lipinski definition) is 0. The highest BCUT2D eigenvalue weighted by Gasteiger charge is 2.24. The average molecular weight is 364 g/mol. The number of rotatable bonds is 5. The van der Waals surface area contributed by atoms with Crippen LogP contribution in [0.3, 0.4) is 0 Å². The number of benzene rings is 2. The zero-order chi connectivity index (χ0) is 17.5. The standard InChI is InChI=1S/C23H21FOS/c24-21-14-18(17-6-4-16(5-7-17)15-2-1-3-15)8-11-20(21)22-12-13-23(26-22)25-19-9-10-19/h4-8,11-15,19H,1-3,9-10H2. The molecule has 132 valence electrons. The van der Waals surface area contributed by atoms with Crippen molar-refractivity contribution in [2.75, 3.05) is 0 Å². The van der Waals surface area contributed by atoms with Crippen molar-refractivity contribution in [3.8, 4) is 26.6 Å². The molecule has 0 amide bonds. The third-order valence-electron chi connectivity index (χ3n) is 5.44. The van der Waals surface area contributed by atoms with Crippen molar-refractivity contribution in [3.63, 3.8) is 0 Å². The first kappa shape index (κ1) is 16.1. The molecule has 0 saturated heterocycles. The number of hydrogen-bond acceptors (Lipinski definition) is 2. The van der Waals surface area contributed by atoms with Gasteiger partial charge in [-0.3, -0.25) is 0 Å². The fourth-order valence-electron chi connectivity index (χ4n) is 3.46. The molecule has 0 N–H and O–H groups in total. The van der Waals surface area contributed by atoms with Gasteiger partial charge in [-0.1, -0.05) is 48.1 Å². The van der Waals surface area contributed by atoms with Gasteiger partial charge in [-0.05, 0) is 72.6 Å². The molecule has 1 nitrogen and oxygen atoms in total. The largest absolute Gasteiger partial charge is 0.481 e. The molecule has 3 aromatic rings. The molecule has 5 rings (SSSR count). The van der Waals surface area contributed by atoms with Crippen LogP contribution < -0.4 is 4.74 Å². The summed E-state index contributed by atoms with van der Waals surface area (Å²) in [4.78, 5) is 0.921. The summed E-state index contributed by atoms with van der Waals surface area (Å²) in [6.07, 6.45) is 6.59.